The van der Waals surface area contributed by atoms with E-state index in [-0.39, 0.29) is 24.6 Å². The van der Waals surface area contributed by atoms with Crippen LogP contribution in [0.1, 0.15) is 12.0 Å². The zero-order valence-electron chi connectivity index (χ0n) is 10.0. The molecule has 2 aliphatic rings. The number of fused-ring (bicyclic) bond motifs is 2. The van der Waals surface area contributed by atoms with Crippen molar-refractivity contribution in [3.8, 4) is 5.75 Å². The van der Waals surface area contributed by atoms with Gasteiger partial charge in [0.15, 0.2) is 12.1 Å². The highest BCUT2D eigenvalue weighted by molar-refractivity contribution is 5.74. The Morgan fingerprint density at radius 3 is 2.79 bits per heavy atom. The third-order valence-electron chi connectivity index (χ3n) is 3.48. The summed E-state index contributed by atoms with van der Waals surface area (Å²) in [6, 6.07) is 4.40. The van der Waals surface area contributed by atoms with Gasteiger partial charge in [-0.1, -0.05) is 0 Å². The summed E-state index contributed by atoms with van der Waals surface area (Å²) in [6.45, 7) is -0.653. The number of halogens is 2. The van der Waals surface area contributed by atoms with Gasteiger partial charge in [0.25, 0.3) is 6.02 Å². The summed E-state index contributed by atoms with van der Waals surface area (Å²) in [6.07, 6.45) is 0.0283. The molecule has 102 valence electrons. The van der Waals surface area contributed by atoms with Crippen LogP contribution >= 0.6 is 0 Å². The monoisotopic (exact) mass is 269 g/mol. The number of anilines is 1. The molecule has 19 heavy (non-hydrogen) atoms. The minimum absolute atomic E-state index is 0.0283. The number of benzene rings is 1. The molecule has 0 amide bonds. The highest BCUT2D eigenvalue weighted by Gasteiger charge is 2.60. The second kappa shape index (κ2) is 3.72. The van der Waals surface area contributed by atoms with Crippen LogP contribution in [-0.4, -0.2) is 25.2 Å². The molecule has 7 heteroatoms. The summed E-state index contributed by atoms with van der Waals surface area (Å²) in [5.41, 5.74) is 10.0. The Hall–Kier alpha value is -2.05. The Bertz CT molecular complexity index is 562. The summed E-state index contributed by atoms with van der Waals surface area (Å²) in [5.74, 6) is -2.80. The maximum absolute atomic E-state index is 14.3. The van der Waals surface area contributed by atoms with Gasteiger partial charge in [-0.15, -0.1) is 0 Å². The van der Waals surface area contributed by atoms with E-state index in [0.717, 1.165) is 0 Å². The molecule has 2 aliphatic heterocycles. The topological polar surface area (TPSA) is 82.9 Å². The fraction of sp³-hybridized carbons (Fsp3) is 0.417. The number of nitrogens with zero attached hydrogens (tertiary/aromatic N) is 1. The second-order valence-electron chi connectivity index (χ2n) is 4.66. The van der Waals surface area contributed by atoms with Gasteiger partial charge in [-0.2, -0.15) is 8.78 Å². The van der Waals surface area contributed by atoms with Crippen LogP contribution in [0.25, 0.3) is 0 Å². The van der Waals surface area contributed by atoms with Gasteiger partial charge >= 0.3 is 5.92 Å². The molecule has 0 saturated heterocycles. The first kappa shape index (κ1) is 12.0. The Labute approximate surface area is 108 Å². The molecule has 0 fully saturated rings. The zero-order valence-corrected chi connectivity index (χ0v) is 10.0. The third kappa shape index (κ3) is 1.61. The van der Waals surface area contributed by atoms with E-state index in [1.165, 1.54) is 6.07 Å². The van der Waals surface area contributed by atoms with Crippen LogP contribution in [0.2, 0.25) is 0 Å². The van der Waals surface area contributed by atoms with E-state index >= 15 is 0 Å². The molecule has 0 aliphatic carbocycles. The molecule has 0 aromatic heterocycles. The number of hydrogen-bond acceptors (Lipinski definition) is 5. The lowest BCUT2D eigenvalue weighted by molar-refractivity contribution is -0.132. The number of nitrogen functional groups attached to an aromatic ring is 1. The summed E-state index contributed by atoms with van der Waals surface area (Å²) < 4.78 is 38.8. The van der Waals surface area contributed by atoms with Crippen molar-refractivity contribution in [3.63, 3.8) is 0 Å². The SMILES string of the molecule is NC1=NC2(CCOc3ccc(N)cc32)C(F)(F)CO1. The van der Waals surface area contributed by atoms with Gasteiger partial charge in [-0.25, -0.2) is 4.99 Å². The standard InChI is InChI=1S/C12H13F2N3O2/c13-12(14)6-19-10(16)17-11(12)3-4-18-9-2-1-7(15)5-8(9)11/h1-2,5H,3-4,6,15H2,(H2,16,17). The fourth-order valence-corrected chi connectivity index (χ4v) is 2.52. The van der Waals surface area contributed by atoms with Gasteiger partial charge in [-0.05, 0) is 18.2 Å². The molecule has 4 N–H and O–H groups in total. The zero-order chi connectivity index (χ0) is 13.7. The van der Waals surface area contributed by atoms with E-state index in [2.05, 4.69) is 9.73 Å². The van der Waals surface area contributed by atoms with E-state index in [1.807, 2.05) is 0 Å². The number of aliphatic imine (C=N–C) groups is 1. The molecule has 1 spiro atoms. The molecule has 0 radical (unpaired) electrons. The molecular formula is C12H13F2N3O2. The van der Waals surface area contributed by atoms with Crippen molar-refractivity contribution in [1.29, 1.82) is 0 Å². The minimum atomic E-state index is -3.16. The van der Waals surface area contributed by atoms with Crippen molar-refractivity contribution in [1.82, 2.24) is 0 Å². The van der Waals surface area contributed by atoms with Crippen molar-refractivity contribution in [2.45, 2.75) is 17.9 Å². The number of hydrogen-bond donors (Lipinski definition) is 2. The average Bonchev–Trinajstić information content (AvgIpc) is 2.36. The van der Waals surface area contributed by atoms with Crippen LogP contribution in [0.5, 0.6) is 5.75 Å². The molecule has 1 aromatic rings. The predicted molar refractivity (Wildman–Crippen MR) is 65.2 cm³/mol. The predicted octanol–water partition coefficient (Wildman–Crippen LogP) is 1.23. The Morgan fingerprint density at radius 1 is 1.21 bits per heavy atom. The minimum Gasteiger partial charge on any atom is -0.493 e. The van der Waals surface area contributed by atoms with E-state index in [9.17, 15) is 8.78 Å². The molecule has 0 bridgehead atoms. The van der Waals surface area contributed by atoms with Gasteiger partial charge in [0.05, 0.1) is 6.61 Å². The Balaban J connectivity index is 2.25. The maximum Gasteiger partial charge on any atom is 0.310 e. The molecule has 1 atom stereocenters. The van der Waals surface area contributed by atoms with Crippen molar-refractivity contribution < 1.29 is 18.3 Å². The average molecular weight is 269 g/mol. The number of ether oxygens (including phenoxy) is 2. The van der Waals surface area contributed by atoms with Crippen LogP contribution in [0.15, 0.2) is 23.2 Å². The number of alkyl halides is 2. The lowest BCUT2D eigenvalue weighted by Crippen LogP contribution is -2.54. The lowest BCUT2D eigenvalue weighted by atomic mass is 9.79. The fourth-order valence-electron chi connectivity index (χ4n) is 2.52. The van der Waals surface area contributed by atoms with Crippen molar-refractivity contribution in [3.05, 3.63) is 23.8 Å². The molecule has 1 unspecified atom stereocenters. The summed E-state index contributed by atoms with van der Waals surface area (Å²) in [4.78, 5) is 3.90. The maximum atomic E-state index is 14.3. The molecule has 1 aromatic carbocycles. The molecule has 2 heterocycles. The van der Waals surface area contributed by atoms with Crippen molar-refractivity contribution in [2.75, 3.05) is 18.9 Å². The van der Waals surface area contributed by atoms with Gasteiger partial charge in [0.2, 0.25) is 0 Å². The number of rotatable bonds is 0. The molecule has 3 rings (SSSR count). The third-order valence-corrected chi connectivity index (χ3v) is 3.48. The normalized spacial score (nSPS) is 28.0. The summed E-state index contributed by atoms with van der Waals surface area (Å²) in [5, 5.41) is 0. The van der Waals surface area contributed by atoms with Crippen LogP contribution in [-0.2, 0) is 10.3 Å². The number of amidine groups is 1. The first-order valence-electron chi connectivity index (χ1n) is 5.83. The summed E-state index contributed by atoms with van der Waals surface area (Å²) in [7, 11) is 0. The van der Waals surface area contributed by atoms with Gasteiger partial charge < -0.3 is 20.9 Å². The van der Waals surface area contributed by atoms with Crippen molar-refractivity contribution >= 4 is 11.7 Å². The van der Waals surface area contributed by atoms with E-state index in [4.69, 9.17) is 16.2 Å². The van der Waals surface area contributed by atoms with Crippen LogP contribution < -0.4 is 16.2 Å². The van der Waals surface area contributed by atoms with Gasteiger partial charge in [0.1, 0.15) is 5.75 Å². The van der Waals surface area contributed by atoms with E-state index < -0.39 is 18.1 Å². The van der Waals surface area contributed by atoms with Gasteiger partial charge in [-0.3, -0.25) is 0 Å². The van der Waals surface area contributed by atoms with E-state index in [0.29, 0.717) is 11.4 Å². The number of nitrogens with two attached hydrogens (primary N) is 2. The van der Waals surface area contributed by atoms with Gasteiger partial charge in [0, 0.05) is 17.7 Å². The quantitative estimate of drug-likeness (QED) is 0.694. The Kier molecular flexibility index (Phi) is 2.35. The first-order chi connectivity index (χ1) is 8.95. The van der Waals surface area contributed by atoms with Crippen LogP contribution in [0.3, 0.4) is 0 Å². The molecule has 5 nitrogen and oxygen atoms in total. The van der Waals surface area contributed by atoms with E-state index in [1.54, 1.807) is 12.1 Å². The highest BCUT2D eigenvalue weighted by atomic mass is 19.3. The lowest BCUT2D eigenvalue weighted by Gasteiger charge is -2.43. The molecule has 0 saturated carbocycles. The smallest absolute Gasteiger partial charge is 0.310 e. The first-order valence-corrected chi connectivity index (χ1v) is 5.83. The largest absolute Gasteiger partial charge is 0.493 e. The summed E-state index contributed by atoms with van der Waals surface area (Å²) >= 11 is 0. The van der Waals surface area contributed by atoms with Crippen LogP contribution in [0.4, 0.5) is 14.5 Å². The van der Waals surface area contributed by atoms with Crippen molar-refractivity contribution in [2.24, 2.45) is 10.7 Å². The van der Waals surface area contributed by atoms with Crippen LogP contribution in [0, 0.1) is 0 Å². The highest BCUT2D eigenvalue weighted by Crippen LogP contribution is 2.51. The Morgan fingerprint density at radius 2 is 2.00 bits per heavy atom. The second-order valence-corrected chi connectivity index (χ2v) is 4.66. The molecular weight excluding hydrogens is 256 g/mol.